The predicted octanol–water partition coefficient (Wildman–Crippen LogP) is 2.52. The smallest absolute Gasteiger partial charge is 0.315 e. The lowest BCUT2D eigenvalue weighted by Crippen LogP contribution is -2.47. The molecule has 92 valence electrons. The van der Waals surface area contributed by atoms with E-state index in [2.05, 4.69) is 17.6 Å². The first-order valence-electron chi connectivity index (χ1n) is 6.63. The van der Waals surface area contributed by atoms with Gasteiger partial charge in [-0.3, -0.25) is 0 Å². The second-order valence-corrected chi connectivity index (χ2v) is 5.90. The van der Waals surface area contributed by atoms with Crippen molar-refractivity contribution in [2.24, 2.45) is 17.8 Å². The van der Waals surface area contributed by atoms with Crippen LogP contribution in [-0.4, -0.2) is 18.1 Å². The number of urea groups is 1. The van der Waals surface area contributed by atoms with Crippen molar-refractivity contribution in [3.63, 3.8) is 0 Å². The topological polar surface area (TPSA) is 41.1 Å². The van der Waals surface area contributed by atoms with Gasteiger partial charge in [0.05, 0.1) is 0 Å². The number of hydrogen-bond acceptors (Lipinski definition) is 1. The summed E-state index contributed by atoms with van der Waals surface area (Å²) in [5.74, 6) is 2.54. The average molecular weight is 224 g/mol. The fraction of sp³-hybridized carbons (Fsp3) is 0.923. The summed E-state index contributed by atoms with van der Waals surface area (Å²) in [6, 6.07) is 0.534. The van der Waals surface area contributed by atoms with Crippen LogP contribution in [-0.2, 0) is 0 Å². The largest absolute Gasteiger partial charge is 0.336 e. The molecule has 0 saturated heterocycles. The summed E-state index contributed by atoms with van der Waals surface area (Å²) in [6.45, 7) is 6.13. The fourth-order valence-corrected chi connectivity index (χ4v) is 3.52. The van der Waals surface area contributed by atoms with Gasteiger partial charge in [-0.05, 0) is 57.8 Å². The van der Waals surface area contributed by atoms with Crippen molar-refractivity contribution in [3.8, 4) is 0 Å². The van der Waals surface area contributed by atoms with Gasteiger partial charge in [-0.15, -0.1) is 0 Å². The van der Waals surface area contributed by atoms with Gasteiger partial charge in [0.15, 0.2) is 0 Å². The molecule has 2 amide bonds. The zero-order valence-corrected chi connectivity index (χ0v) is 10.6. The van der Waals surface area contributed by atoms with Crippen molar-refractivity contribution in [1.82, 2.24) is 10.6 Å². The van der Waals surface area contributed by atoms with E-state index in [0.717, 1.165) is 17.8 Å². The fourth-order valence-electron chi connectivity index (χ4n) is 3.52. The zero-order chi connectivity index (χ0) is 11.7. The van der Waals surface area contributed by atoms with Crippen LogP contribution in [0.15, 0.2) is 0 Å². The molecule has 2 saturated carbocycles. The molecule has 4 atom stereocenters. The summed E-state index contributed by atoms with van der Waals surface area (Å²) in [5.41, 5.74) is 0. The summed E-state index contributed by atoms with van der Waals surface area (Å²) in [7, 11) is 0. The van der Waals surface area contributed by atoms with E-state index >= 15 is 0 Å². The van der Waals surface area contributed by atoms with Crippen LogP contribution in [0.1, 0.15) is 46.5 Å². The van der Waals surface area contributed by atoms with E-state index in [-0.39, 0.29) is 12.1 Å². The van der Waals surface area contributed by atoms with E-state index in [1.54, 1.807) is 0 Å². The van der Waals surface area contributed by atoms with Gasteiger partial charge in [-0.2, -0.15) is 0 Å². The molecule has 0 heterocycles. The molecule has 2 aliphatic carbocycles. The number of hydrogen-bond donors (Lipinski definition) is 2. The minimum atomic E-state index is -0.00901. The Labute approximate surface area is 98.4 Å². The van der Waals surface area contributed by atoms with Crippen LogP contribution < -0.4 is 10.6 Å². The van der Waals surface area contributed by atoms with Crippen LogP contribution in [0.2, 0.25) is 0 Å². The summed E-state index contributed by atoms with van der Waals surface area (Å²) < 4.78 is 0. The van der Waals surface area contributed by atoms with Gasteiger partial charge in [-0.1, -0.05) is 6.42 Å². The maximum atomic E-state index is 11.6. The molecule has 3 heteroatoms. The molecule has 3 nitrogen and oxygen atoms in total. The molecule has 4 unspecified atom stereocenters. The van der Waals surface area contributed by atoms with E-state index < -0.39 is 0 Å². The summed E-state index contributed by atoms with van der Waals surface area (Å²) in [5, 5.41) is 5.98. The lowest BCUT2D eigenvalue weighted by atomic mass is 9.84. The van der Waals surface area contributed by atoms with Gasteiger partial charge in [0, 0.05) is 12.1 Å². The van der Waals surface area contributed by atoms with E-state index in [1.807, 2.05) is 13.8 Å². The lowest BCUT2D eigenvalue weighted by molar-refractivity contribution is 0.218. The zero-order valence-electron chi connectivity index (χ0n) is 10.6. The third-order valence-corrected chi connectivity index (χ3v) is 4.21. The van der Waals surface area contributed by atoms with Crippen LogP contribution in [0.3, 0.4) is 0 Å². The molecule has 0 aromatic heterocycles. The Kier molecular flexibility index (Phi) is 3.41. The van der Waals surface area contributed by atoms with Crippen LogP contribution in [0.4, 0.5) is 4.79 Å². The number of fused-ring (bicyclic) bond motifs is 2. The first-order chi connectivity index (χ1) is 7.56. The lowest BCUT2D eigenvalue weighted by Gasteiger charge is -2.28. The second-order valence-electron chi connectivity index (χ2n) is 5.90. The number of nitrogens with one attached hydrogen (secondary N) is 2. The highest BCUT2D eigenvalue weighted by molar-refractivity contribution is 5.74. The van der Waals surface area contributed by atoms with Gasteiger partial charge < -0.3 is 10.6 Å². The third kappa shape index (κ3) is 2.50. The van der Waals surface area contributed by atoms with Crippen LogP contribution >= 0.6 is 0 Å². The Hall–Kier alpha value is -0.730. The van der Waals surface area contributed by atoms with Gasteiger partial charge in [0.1, 0.15) is 0 Å². The number of rotatable bonds is 3. The van der Waals surface area contributed by atoms with E-state index in [1.165, 1.54) is 25.7 Å². The molecule has 16 heavy (non-hydrogen) atoms. The Bertz CT molecular complexity index is 265. The predicted molar refractivity (Wildman–Crippen MR) is 65.2 cm³/mol. The molecule has 0 aromatic carbocycles. The molecule has 0 aliphatic heterocycles. The molecule has 2 N–H and O–H groups in total. The van der Waals surface area contributed by atoms with Crippen molar-refractivity contribution in [2.45, 2.75) is 58.5 Å². The number of carbonyl (C=O) groups is 1. The quantitative estimate of drug-likeness (QED) is 0.760. The van der Waals surface area contributed by atoms with E-state index in [4.69, 9.17) is 0 Å². The third-order valence-electron chi connectivity index (χ3n) is 4.21. The highest BCUT2D eigenvalue weighted by Crippen LogP contribution is 2.49. The monoisotopic (exact) mass is 224 g/mol. The van der Waals surface area contributed by atoms with Crippen molar-refractivity contribution >= 4 is 6.03 Å². The Morgan fingerprint density at radius 1 is 1.12 bits per heavy atom. The highest BCUT2D eigenvalue weighted by atomic mass is 16.2. The van der Waals surface area contributed by atoms with Crippen molar-refractivity contribution < 1.29 is 4.79 Å². The molecule has 0 aromatic rings. The second kappa shape index (κ2) is 4.64. The Morgan fingerprint density at radius 3 is 2.38 bits per heavy atom. The maximum absolute atomic E-state index is 11.6. The standard InChI is InChI=1S/C13H24N2O/c1-8(2)14-13(16)15-9(3)12-7-10-4-5-11(12)6-10/h8-12H,4-7H2,1-3H3,(H2,14,15,16). The normalized spacial score (nSPS) is 34.1. The molecule has 2 rings (SSSR count). The Morgan fingerprint density at radius 2 is 1.88 bits per heavy atom. The van der Waals surface area contributed by atoms with Gasteiger partial charge in [0.25, 0.3) is 0 Å². The van der Waals surface area contributed by atoms with E-state index in [0.29, 0.717) is 6.04 Å². The van der Waals surface area contributed by atoms with Gasteiger partial charge in [-0.25, -0.2) is 4.79 Å². The minimum absolute atomic E-state index is 0.00901. The minimum Gasteiger partial charge on any atom is -0.336 e. The van der Waals surface area contributed by atoms with Crippen molar-refractivity contribution in [1.29, 1.82) is 0 Å². The van der Waals surface area contributed by atoms with E-state index in [9.17, 15) is 4.79 Å². The van der Waals surface area contributed by atoms with Gasteiger partial charge in [0.2, 0.25) is 0 Å². The number of carbonyl (C=O) groups excluding carboxylic acids is 1. The summed E-state index contributed by atoms with van der Waals surface area (Å²) >= 11 is 0. The van der Waals surface area contributed by atoms with Gasteiger partial charge >= 0.3 is 6.03 Å². The molecule has 2 fully saturated rings. The molecule has 2 bridgehead atoms. The van der Waals surface area contributed by atoms with Crippen LogP contribution in [0.25, 0.3) is 0 Å². The van der Waals surface area contributed by atoms with Crippen molar-refractivity contribution in [2.75, 3.05) is 0 Å². The molecule has 2 aliphatic rings. The molecule has 0 spiro atoms. The number of amides is 2. The molecule has 0 radical (unpaired) electrons. The first kappa shape index (κ1) is 11.7. The highest BCUT2D eigenvalue weighted by Gasteiger charge is 2.42. The molecular formula is C13H24N2O. The first-order valence-corrected chi connectivity index (χ1v) is 6.63. The average Bonchev–Trinajstić information content (AvgIpc) is 2.76. The summed E-state index contributed by atoms with van der Waals surface area (Å²) in [4.78, 5) is 11.6. The molecular weight excluding hydrogens is 200 g/mol. The van der Waals surface area contributed by atoms with Crippen molar-refractivity contribution in [3.05, 3.63) is 0 Å². The van der Waals surface area contributed by atoms with Crippen LogP contribution in [0.5, 0.6) is 0 Å². The Balaban J connectivity index is 1.80. The van der Waals surface area contributed by atoms with Crippen LogP contribution in [0, 0.1) is 17.8 Å². The maximum Gasteiger partial charge on any atom is 0.315 e. The SMILES string of the molecule is CC(C)NC(=O)NC(C)C1CC2CCC1C2. The summed E-state index contributed by atoms with van der Waals surface area (Å²) in [6.07, 6.45) is 5.54.